The van der Waals surface area contributed by atoms with E-state index in [9.17, 15) is 4.79 Å². The van der Waals surface area contributed by atoms with Gasteiger partial charge in [0, 0.05) is 12.2 Å². The predicted octanol–water partition coefficient (Wildman–Crippen LogP) is 1.18. The van der Waals surface area contributed by atoms with Crippen LogP contribution >= 0.6 is 0 Å². The molecule has 17 heavy (non-hydrogen) atoms. The molecule has 92 valence electrons. The molecule has 4 heteroatoms. The molecule has 1 unspecified atom stereocenters. The van der Waals surface area contributed by atoms with Crippen molar-refractivity contribution in [1.82, 2.24) is 15.6 Å². The number of carbonyl (C=O) groups excluding carboxylic acids is 1. The zero-order valence-corrected chi connectivity index (χ0v) is 10.4. The van der Waals surface area contributed by atoms with E-state index in [2.05, 4.69) is 21.7 Å². The Morgan fingerprint density at radius 1 is 1.59 bits per heavy atom. The smallest absolute Gasteiger partial charge is 0.234 e. The van der Waals surface area contributed by atoms with Gasteiger partial charge in [0.15, 0.2) is 0 Å². The number of aryl methyl sites for hydroxylation is 1. The summed E-state index contributed by atoms with van der Waals surface area (Å²) < 4.78 is 0. The van der Waals surface area contributed by atoms with Crippen molar-refractivity contribution < 1.29 is 4.79 Å². The molecule has 0 fully saturated rings. The highest BCUT2D eigenvalue weighted by Crippen LogP contribution is 2.28. The van der Waals surface area contributed by atoms with E-state index in [1.807, 2.05) is 26.1 Å². The van der Waals surface area contributed by atoms with E-state index < -0.39 is 0 Å². The SMILES string of the molecule is CC(C)NC(=O)CNC1CCc2cccnc21. The van der Waals surface area contributed by atoms with E-state index in [0.717, 1.165) is 18.5 Å². The molecule has 2 N–H and O–H groups in total. The number of aromatic nitrogens is 1. The van der Waals surface area contributed by atoms with Crippen molar-refractivity contribution in [2.75, 3.05) is 6.54 Å². The number of fused-ring (bicyclic) bond motifs is 1. The number of pyridine rings is 1. The number of rotatable bonds is 4. The van der Waals surface area contributed by atoms with Gasteiger partial charge < -0.3 is 10.6 Å². The van der Waals surface area contributed by atoms with Crippen LogP contribution in [0.4, 0.5) is 0 Å². The van der Waals surface area contributed by atoms with Gasteiger partial charge >= 0.3 is 0 Å². The van der Waals surface area contributed by atoms with Gasteiger partial charge in [-0.15, -0.1) is 0 Å². The lowest BCUT2D eigenvalue weighted by molar-refractivity contribution is -0.120. The number of amides is 1. The Morgan fingerprint density at radius 3 is 3.18 bits per heavy atom. The van der Waals surface area contributed by atoms with Crippen LogP contribution in [0, 0.1) is 0 Å². The maximum absolute atomic E-state index is 11.5. The van der Waals surface area contributed by atoms with Gasteiger partial charge in [-0.3, -0.25) is 9.78 Å². The molecule has 0 spiro atoms. The molecule has 1 aliphatic rings. The van der Waals surface area contributed by atoms with Crippen LogP contribution in [0.3, 0.4) is 0 Å². The van der Waals surface area contributed by atoms with E-state index in [1.54, 1.807) is 0 Å². The number of nitrogens with zero attached hydrogens (tertiary/aromatic N) is 1. The zero-order valence-electron chi connectivity index (χ0n) is 10.4. The molecule has 0 saturated carbocycles. The average Bonchev–Trinajstić information content (AvgIpc) is 2.69. The molecule has 0 aliphatic heterocycles. The van der Waals surface area contributed by atoms with E-state index in [4.69, 9.17) is 0 Å². The van der Waals surface area contributed by atoms with Crippen molar-refractivity contribution in [2.24, 2.45) is 0 Å². The highest BCUT2D eigenvalue weighted by molar-refractivity contribution is 5.78. The summed E-state index contributed by atoms with van der Waals surface area (Å²) in [5, 5.41) is 6.14. The summed E-state index contributed by atoms with van der Waals surface area (Å²) in [7, 11) is 0. The molecule has 4 nitrogen and oxygen atoms in total. The lowest BCUT2D eigenvalue weighted by Gasteiger charge is -2.14. The molecule has 2 rings (SSSR count). The quantitative estimate of drug-likeness (QED) is 0.821. The lowest BCUT2D eigenvalue weighted by Crippen LogP contribution is -2.38. The van der Waals surface area contributed by atoms with Gasteiger partial charge in [0.05, 0.1) is 18.3 Å². The van der Waals surface area contributed by atoms with Crippen LogP contribution in [0.2, 0.25) is 0 Å². The second kappa shape index (κ2) is 5.27. The molecule has 0 bridgehead atoms. The Morgan fingerprint density at radius 2 is 2.41 bits per heavy atom. The fourth-order valence-corrected chi connectivity index (χ4v) is 2.20. The Labute approximate surface area is 102 Å². The van der Waals surface area contributed by atoms with Crippen LogP contribution in [0.1, 0.15) is 37.6 Å². The van der Waals surface area contributed by atoms with Crippen LogP contribution in [-0.4, -0.2) is 23.5 Å². The third-order valence-electron chi connectivity index (χ3n) is 2.92. The van der Waals surface area contributed by atoms with Crippen molar-refractivity contribution in [1.29, 1.82) is 0 Å². The van der Waals surface area contributed by atoms with E-state index in [-0.39, 0.29) is 18.0 Å². The van der Waals surface area contributed by atoms with Gasteiger partial charge in [-0.2, -0.15) is 0 Å². The van der Waals surface area contributed by atoms with E-state index in [1.165, 1.54) is 5.56 Å². The number of hydrogen-bond acceptors (Lipinski definition) is 3. The molecular weight excluding hydrogens is 214 g/mol. The van der Waals surface area contributed by atoms with Crippen LogP contribution in [0.5, 0.6) is 0 Å². The summed E-state index contributed by atoms with van der Waals surface area (Å²) in [6.45, 7) is 4.29. The minimum atomic E-state index is 0.0457. The second-order valence-corrected chi connectivity index (χ2v) is 4.74. The Balaban J connectivity index is 1.88. The Kier molecular flexibility index (Phi) is 3.74. The summed E-state index contributed by atoms with van der Waals surface area (Å²) in [5.41, 5.74) is 2.40. The van der Waals surface area contributed by atoms with Crippen molar-refractivity contribution >= 4 is 5.91 Å². The maximum atomic E-state index is 11.5. The van der Waals surface area contributed by atoms with Crippen LogP contribution in [0.25, 0.3) is 0 Å². The first kappa shape index (κ1) is 12.0. The maximum Gasteiger partial charge on any atom is 0.234 e. The number of hydrogen-bond donors (Lipinski definition) is 2. The van der Waals surface area contributed by atoms with Gasteiger partial charge in [0.25, 0.3) is 0 Å². The van der Waals surface area contributed by atoms with E-state index >= 15 is 0 Å². The molecule has 1 amide bonds. The summed E-state index contributed by atoms with van der Waals surface area (Å²) >= 11 is 0. The monoisotopic (exact) mass is 233 g/mol. The first-order valence-corrected chi connectivity index (χ1v) is 6.13. The number of carbonyl (C=O) groups is 1. The molecule has 1 atom stereocenters. The standard InChI is InChI=1S/C13H19N3O/c1-9(2)16-12(17)8-15-11-6-5-10-4-3-7-14-13(10)11/h3-4,7,9,11,15H,5-6,8H2,1-2H3,(H,16,17). The number of nitrogens with one attached hydrogen (secondary N) is 2. The van der Waals surface area contributed by atoms with Gasteiger partial charge in [0.1, 0.15) is 0 Å². The topological polar surface area (TPSA) is 54.0 Å². The summed E-state index contributed by atoms with van der Waals surface area (Å²) in [4.78, 5) is 15.9. The second-order valence-electron chi connectivity index (χ2n) is 4.74. The average molecular weight is 233 g/mol. The summed E-state index contributed by atoms with van der Waals surface area (Å²) in [6, 6.07) is 4.49. The van der Waals surface area contributed by atoms with Crippen LogP contribution in [0.15, 0.2) is 18.3 Å². The summed E-state index contributed by atoms with van der Waals surface area (Å²) in [6.07, 6.45) is 3.89. The Bertz CT molecular complexity index is 403. The fraction of sp³-hybridized carbons (Fsp3) is 0.538. The molecule has 1 aliphatic carbocycles. The van der Waals surface area contributed by atoms with E-state index in [0.29, 0.717) is 6.54 Å². The third-order valence-corrected chi connectivity index (χ3v) is 2.92. The van der Waals surface area contributed by atoms with Crippen LogP contribution in [-0.2, 0) is 11.2 Å². The molecule has 0 aromatic carbocycles. The minimum absolute atomic E-state index is 0.0457. The van der Waals surface area contributed by atoms with Crippen molar-refractivity contribution in [3.63, 3.8) is 0 Å². The fourth-order valence-electron chi connectivity index (χ4n) is 2.20. The van der Waals surface area contributed by atoms with Crippen molar-refractivity contribution in [2.45, 2.75) is 38.8 Å². The molecular formula is C13H19N3O. The normalized spacial score (nSPS) is 18.2. The molecule has 1 heterocycles. The van der Waals surface area contributed by atoms with Crippen molar-refractivity contribution in [3.05, 3.63) is 29.6 Å². The summed E-state index contributed by atoms with van der Waals surface area (Å²) in [5.74, 6) is 0.0457. The van der Waals surface area contributed by atoms with Crippen molar-refractivity contribution in [3.8, 4) is 0 Å². The lowest BCUT2D eigenvalue weighted by atomic mass is 10.2. The third kappa shape index (κ3) is 3.03. The highest BCUT2D eigenvalue weighted by atomic mass is 16.1. The molecule has 0 saturated heterocycles. The van der Waals surface area contributed by atoms with Crippen LogP contribution < -0.4 is 10.6 Å². The predicted molar refractivity (Wildman–Crippen MR) is 66.6 cm³/mol. The van der Waals surface area contributed by atoms with Gasteiger partial charge in [0.2, 0.25) is 5.91 Å². The first-order valence-electron chi connectivity index (χ1n) is 6.13. The first-order chi connectivity index (χ1) is 8.16. The molecule has 1 aromatic heterocycles. The van der Waals surface area contributed by atoms with Gasteiger partial charge in [-0.1, -0.05) is 6.07 Å². The van der Waals surface area contributed by atoms with Gasteiger partial charge in [-0.05, 0) is 38.3 Å². The Hall–Kier alpha value is -1.42. The largest absolute Gasteiger partial charge is 0.353 e. The zero-order chi connectivity index (χ0) is 12.3. The molecule has 1 aromatic rings. The van der Waals surface area contributed by atoms with Gasteiger partial charge in [-0.25, -0.2) is 0 Å². The minimum Gasteiger partial charge on any atom is -0.353 e. The molecule has 0 radical (unpaired) electrons. The highest BCUT2D eigenvalue weighted by Gasteiger charge is 2.23.